The number of carboxylic acid groups (broad SMARTS) is 1. The van der Waals surface area contributed by atoms with Gasteiger partial charge in [0.2, 0.25) is 47.4 Å². The Morgan fingerprint density at radius 2 is 0.956 bits per heavy atom. The lowest BCUT2D eigenvalue weighted by atomic mass is 10.2. The molecule has 0 saturated heterocycles. The maximum absolute atomic E-state index is 13.0. The fraction of sp³-hybridized carbons (Fsp3) is 0.120. The van der Waals surface area contributed by atoms with Gasteiger partial charge in [-0.05, 0) is 0 Å². The number of hydrogen-bond donors (Lipinski definition) is 3. The first kappa shape index (κ1) is 27.0. The molecule has 0 saturated carbocycles. The number of methoxy groups -OCH3 is 1. The Hall–Kier alpha value is -6.86. The lowest BCUT2D eigenvalue weighted by Gasteiger charge is -2.12. The first-order valence-corrected chi connectivity index (χ1v) is 12.4. The molecular weight excluding hydrogens is 604 g/mol. The Kier molecular flexibility index (Phi) is 6.27. The molecule has 3 N–H and O–H groups in total. The van der Waals surface area contributed by atoms with E-state index in [9.17, 15) is 24.3 Å². The summed E-state index contributed by atoms with van der Waals surface area (Å²) in [5.74, 6) is -5.45. The summed E-state index contributed by atoms with van der Waals surface area (Å²) < 4.78 is 37.0. The van der Waals surface area contributed by atoms with Gasteiger partial charge < -0.3 is 47.0 Å². The summed E-state index contributed by atoms with van der Waals surface area (Å²) >= 11 is 0. The number of carbonyl (C=O) groups is 4. The fourth-order valence-electron chi connectivity index (χ4n) is 3.99. The second-order valence-electron chi connectivity index (χ2n) is 8.97. The topological polar surface area (TPSA) is 278 Å². The van der Waals surface area contributed by atoms with E-state index in [0.29, 0.717) is 0 Å². The van der Waals surface area contributed by atoms with Gasteiger partial charge in [0.15, 0.2) is 34.2 Å². The standard InChI is InChI=1S/C25H14N8O12/c1-39-25(38)15-23-31-13(7-45-23)21-29-10(5-43-21)18-26-8(2-40-18)16(34)32-14(24(36)37)22-30-12(6-44-22)20-28-11(4-42-20)19-27-9(3-41-19)17(35)33-15/h2-7,14-15H,1H3,(H,32,34)(H,33,35)(H,36,37). The molecule has 2 atom stereocenters. The average molecular weight is 618 g/mol. The van der Waals surface area contributed by atoms with Crippen molar-refractivity contribution in [1.82, 2.24) is 40.5 Å². The fourth-order valence-corrected chi connectivity index (χ4v) is 3.99. The van der Waals surface area contributed by atoms with Crippen LogP contribution in [-0.4, -0.2) is 65.9 Å². The molecule has 7 heterocycles. The van der Waals surface area contributed by atoms with Gasteiger partial charge in [0.1, 0.15) is 37.6 Å². The minimum atomic E-state index is -1.74. The minimum Gasteiger partial charge on any atom is -0.479 e. The molecule has 0 aromatic carbocycles. The normalized spacial score (nSPS) is 16.4. The van der Waals surface area contributed by atoms with Crippen molar-refractivity contribution in [2.75, 3.05) is 7.11 Å². The van der Waals surface area contributed by atoms with Crippen LogP contribution in [0.25, 0.3) is 46.3 Å². The van der Waals surface area contributed by atoms with Gasteiger partial charge in [-0.15, -0.1) is 0 Å². The molecular formula is C25H14N8O12. The maximum atomic E-state index is 13.0. The van der Waals surface area contributed by atoms with Gasteiger partial charge in [0, 0.05) is 0 Å². The number of ether oxygens (including phenoxy) is 1. The minimum absolute atomic E-state index is 0.0126. The molecule has 6 aromatic rings. The molecule has 2 amide bonds. The van der Waals surface area contributed by atoms with Crippen molar-refractivity contribution >= 4 is 23.8 Å². The van der Waals surface area contributed by atoms with E-state index in [4.69, 9.17) is 31.2 Å². The maximum Gasteiger partial charge on any atom is 0.338 e. The predicted molar refractivity (Wildman–Crippen MR) is 135 cm³/mol. The van der Waals surface area contributed by atoms with Gasteiger partial charge in [0.05, 0.1) is 7.11 Å². The quantitative estimate of drug-likeness (QED) is 0.233. The number of hydrogen-bond acceptors (Lipinski definition) is 17. The third kappa shape index (κ3) is 4.86. The number of fused-ring (bicyclic) bond motifs is 16. The largest absolute Gasteiger partial charge is 0.479 e. The van der Waals surface area contributed by atoms with Crippen molar-refractivity contribution < 1.29 is 55.5 Å². The Bertz CT molecular complexity index is 2090. The highest BCUT2D eigenvalue weighted by Crippen LogP contribution is 2.28. The second kappa shape index (κ2) is 10.4. The molecule has 1 aliphatic rings. The Morgan fingerprint density at radius 3 is 1.40 bits per heavy atom. The third-order valence-corrected chi connectivity index (χ3v) is 6.13. The first-order valence-electron chi connectivity index (χ1n) is 12.4. The monoisotopic (exact) mass is 618 g/mol. The summed E-state index contributed by atoms with van der Waals surface area (Å²) in [4.78, 5) is 75.1. The summed E-state index contributed by atoms with van der Waals surface area (Å²) in [5, 5.41) is 14.4. The number of oxazole rings is 6. The highest BCUT2D eigenvalue weighted by Gasteiger charge is 2.33. The number of esters is 1. The zero-order valence-electron chi connectivity index (χ0n) is 22.2. The number of carbonyl (C=O) groups excluding carboxylic acids is 3. The lowest BCUT2D eigenvalue weighted by molar-refractivity contribution is -0.143. The lowest BCUT2D eigenvalue weighted by Crippen LogP contribution is -2.35. The Balaban J connectivity index is 1.29. The molecule has 45 heavy (non-hydrogen) atoms. The van der Waals surface area contributed by atoms with E-state index < -0.39 is 41.7 Å². The predicted octanol–water partition coefficient (Wildman–Crippen LogP) is 1.80. The number of nitrogens with zero attached hydrogens (tertiary/aromatic N) is 6. The molecule has 0 fully saturated rings. The van der Waals surface area contributed by atoms with Crippen molar-refractivity contribution in [3.63, 3.8) is 0 Å². The molecule has 226 valence electrons. The molecule has 1 aliphatic heterocycles. The van der Waals surface area contributed by atoms with Crippen LogP contribution in [0.15, 0.2) is 64.1 Å². The van der Waals surface area contributed by atoms with E-state index in [0.717, 1.165) is 44.7 Å². The van der Waals surface area contributed by atoms with Crippen molar-refractivity contribution in [2.24, 2.45) is 0 Å². The molecule has 12 bridgehead atoms. The van der Waals surface area contributed by atoms with Crippen LogP contribution < -0.4 is 10.6 Å². The summed E-state index contributed by atoms with van der Waals surface area (Å²) in [5.41, 5.74) is -0.521. The molecule has 2 unspecified atom stereocenters. The summed E-state index contributed by atoms with van der Waals surface area (Å²) in [6.07, 6.45) is 6.42. The van der Waals surface area contributed by atoms with Crippen LogP contribution in [0, 0.1) is 0 Å². The number of nitrogens with one attached hydrogen (secondary N) is 2. The summed E-state index contributed by atoms with van der Waals surface area (Å²) in [6.45, 7) is 0. The van der Waals surface area contributed by atoms with Crippen LogP contribution in [0.3, 0.4) is 0 Å². The molecule has 6 aromatic heterocycles. The van der Waals surface area contributed by atoms with E-state index in [1.54, 1.807) is 0 Å². The van der Waals surface area contributed by atoms with E-state index >= 15 is 0 Å². The molecule has 20 nitrogen and oxygen atoms in total. The van der Waals surface area contributed by atoms with Crippen LogP contribution in [0.1, 0.15) is 44.8 Å². The SMILES string of the molecule is COC(=O)C1NC(=O)c2coc(n2)-c2coc(n2)-c2coc(n2)C(C(=O)O)NC(=O)c2coc(n2)-c2coc(n2)-c2coc1n2. The number of aromatic nitrogens is 6. The van der Waals surface area contributed by atoms with Crippen molar-refractivity contribution in [1.29, 1.82) is 0 Å². The summed E-state index contributed by atoms with van der Waals surface area (Å²) in [7, 11) is 1.10. The Labute approximate surface area is 246 Å². The molecule has 0 radical (unpaired) electrons. The van der Waals surface area contributed by atoms with E-state index in [1.165, 1.54) is 0 Å². The van der Waals surface area contributed by atoms with Crippen molar-refractivity contribution in [3.05, 3.63) is 60.7 Å². The number of rotatable bonds is 2. The smallest absolute Gasteiger partial charge is 0.338 e. The first-order chi connectivity index (χ1) is 21.8. The molecule has 20 heteroatoms. The molecule has 0 spiro atoms. The van der Waals surface area contributed by atoms with Crippen molar-refractivity contribution in [3.8, 4) is 46.3 Å². The van der Waals surface area contributed by atoms with Crippen LogP contribution >= 0.6 is 0 Å². The van der Waals surface area contributed by atoms with Gasteiger partial charge in [-0.25, -0.2) is 39.5 Å². The zero-order chi connectivity index (χ0) is 31.2. The van der Waals surface area contributed by atoms with Gasteiger partial charge in [-0.1, -0.05) is 0 Å². The van der Waals surface area contributed by atoms with Crippen LogP contribution in [0.4, 0.5) is 0 Å². The van der Waals surface area contributed by atoms with E-state index in [2.05, 4.69) is 40.5 Å². The van der Waals surface area contributed by atoms with Crippen molar-refractivity contribution in [2.45, 2.75) is 12.1 Å². The van der Waals surface area contributed by atoms with Crippen LogP contribution in [-0.2, 0) is 14.3 Å². The second-order valence-corrected chi connectivity index (χ2v) is 8.97. The van der Waals surface area contributed by atoms with Gasteiger partial charge in [-0.2, -0.15) is 0 Å². The third-order valence-electron chi connectivity index (χ3n) is 6.13. The Morgan fingerprint density at radius 1 is 0.600 bits per heavy atom. The number of aliphatic carboxylic acids is 1. The van der Waals surface area contributed by atoms with Gasteiger partial charge in [-0.3, -0.25) is 9.59 Å². The number of amides is 2. The van der Waals surface area contributed by atoms with E-state index in [1.807, 2.05) is 0 Å². The summed E-state index contributed by atoms with van der Waals surface area (Å²) in [6, 6.07) is -3.26. The highest BCUT2D eigenvalue weighted by molar-refractivity contribution is 5.96. The highest BCUT2D eigenvalue weighted by atomic mass is 16.5. The van der Waals surface area contributed by atoms with Crippen LogP contribution in [0.5, 0.6) is 0 Å². The van der Waals surface area contributed by atoms with Gasteiger partial charge in [0.25, 0.3) is 11.8 Å². The van der Waals surface area contributed by atoms with E-state index in [-0.39, 0.29) is 63.6 Å². The average Bonchev–Trinajstić information content (AvgIpc) is 3.88. The zero-order valence-corrected chi connectivity index (χ0v) is 22.2. The van der Waals surface area contributed by atoms with Gasteiger partial charge >= 0.3 is 11.9 Å². The molecule has 7 rings (SSSR count). The van der Waals surface area contributed by atoms with Crippen LogP contribution in [0.2, 0.25) is 0 Å². The number of carboxylic acids is 1. The molecule has 0 aliphatic carbocycles.